The minimum atomic E-state index is 0.160. The maximum Gasteiger partial charge on any atom is 0.244 e. The number of rotatable bonds is 4. The van der Waals surface area contributed by atoms with Gasteiger partial charge in [0.25, 0.3) is 0 Å². The van der Waals surface area contributed by atoms with Crippen LogP contribution in [0.3, 0.4) is 0 Å². The van der Waals surface area contributed by atoms with Gasteiger partial charge < -0.3 is 4.90 Å². The Morgan fingerprint density at radius 2 is 2.12 bits per heavy atom. The standard InChI is InChI=1S/C20H23N5O/c26-20(15-25-11-2-7-23-25)24-10-1-3-16(6-12-24)13-17-4-9-22-19-5-8-21-14-18(17)19/h2,4-5,7-9,11,14,16H,1,3,6,10,12-13,15H2/t16-/m0/s1. The number of amides is 1. The van der Waals surface area contributed by atoms with Gasteiger partial charge in [0.1, 0.15) is 6.54 Å². The fraction of sp³-hybridized carbons (Fsp3) is 0.400. The van der Waals surface area contributed by atoms with Crippen molar-refractivity contribution in [3.05, 3.63) is 54.7 Å². The van der Waals surface area contributed by atoms with E-state index in [0.717, 1.165) is 49.7 Å². The summed E-state index contributed by atoms with van der Waals surface area (Å²) in [5, 5.41) is 5.28. The van der Waals surface area contributed by atoms with E-state index in [1.165, 1.54) is 5.56 Å². The Kier molecular flexibility index (Phi) is 4.91. The van der Waals surface area contributed by atoms with Gasteiger partial charge in [-0.1, -0.05) is 0 Å². The second kappa shape index (κ2) is 7.64. The van der Waals surface area contributed by atoms with Crippen LogP contribution in [-0.2, 0) is 17.8 Å². The summed E-state index contributed by atoms with van der Waals surface area (Å²) in [7, 11) is 0. The first kappa shape index (κ1) is 16.7. The van der Waals surface area contributed by atoms with E-state index < -0.39 is 0 Å². The molecule has 1 amide bonds. The predicted molar refractivity (Wildman–Crippen MR) is 99.4 cm³/mol. The molecule has 0 N–H and O–H groups in total. The van der Waals surface area contributed by atoms with Crippen molar-refractivity contribution in [1.29, 1.82) is 0 Å². The molecule has 3 aromatic heterocycles. The minimum Gasteiger partial charge on any atom is -0.341 e. The SMILES string of the molecule is O=C(Cn1cccn1)N1CCC[C@H](Cc2ccnc3ccncc23)CC1. The highest BCUT2D eigenvalue weighted by atomic mass is 16.2. The summed E-state index contributed by atoms with van der Waals surface area (Å²) in [4.78, 5) is 23.2. The molecule has 1 atom stereocenters. The van der Waals surface area contributed by atoms with Gasteiger partial charge in [-0.15, -0.1) is 0 Å². The van der Waals surface area contributed by atoms with Gasteiger partial charge in [0.05, 0.1) is 5.52 Å². The zero-order chi connectivity index (χ0) is 17.8. The van der Waals surface area contributed by atoms with Crippen LogP contribution in [0, 0.1) is 5.92 Å². The average molecular weight is 349 g/mol. The number of hydrogen-bond acceptors (Lipinski definition) is 4. The molecular weight excluding hydrogens is 326 g/mol. The zero-order valence-corrected chi connectivity index (χ0v) is 14.8. The predicted octanol–water partition coefficient (Wildman–Crippen LogP) is 2.70. The topological polar surface area (TPSA) is 63.9 Å². The fourth-order valence-electron chi connectivity index (χ4n) is 3.78. The van der Waals surface area contributed by atoms with E-state index in [1.807, 2.05) is 35.6 Å². The maximum absolute atomic E-state index is 12.5. The first-order valence-corrected chi connectivity index (χ1v) is 9.22. The molecule has 3 aromatic rings. The monoisotopic (exact) mass is 349 g/mol. The summed E-state index contributed by atoms with van der Waals surface area (Å²) < 4.78 is 1.70. The van der Waals surface area contributed by atoms with Crippen molar-refractivity contribution in [3.63, 3.8) is 0 Å². The van der Waals surface area contributed by atoms with Crippen LogP contribution in [-0.4, -0.2) is 43.6 Å². The quantitative estimate of drug-likeness (QED) is 0.726. The Bertz CT molecular complexity index is 872. The van der Waals surface area contributed by atoms with Crippen LogP contribution in [0.1, 0.15) is 24.8 Å². The van der Waals surface area contributed by atoms with Gasteiger partial charge in [-0.2, -0.15) is 5.10 Å². The van der Waals surface area contributed by atoms with Crippen molar-refractivity contribution in [3.8, 4) is 0 Å². The van der Waals surface area contributed by atoms with Gasteiger partial charge in [0.15, 0.2) is 0 Å². The van der Waals surface area contributed by atoms with Crippen LogP contribution in [0.4, 0.5) is 0 Å². The van der Waals surface area contributed by atoms with Gasteiger partial charge in [-0.25, -0.2) is 0 Å². The second-order valence-corrected chi connectivity index (χ2v) is 6.95. The summed E-state index contributed by atoms with van der Waals surface area (Å²) in [6.45, 7) is 2.00. The van der Waals surface area contributed by atoms with Crippen LogP contribution >= 0.6 is 0 Å². The highest BCUT2D eigenvalue weighted by molar-refractivity contribution is 5.80. The van der Waals surface area contributed by atoms with E-state index >= 15 is 0 Å². The van der Waals surface area contributed by atoms with Crippen molar-refractivity contribution in [2.75, 3.05) is 13.1 Å². The number of carbonyl (C=O) groups excluding carboxylic acids is 1. The number of fused-ring (bicyclic) bond motifs is 1. The molecule has 0 spiro atoms. The number of hydrogen-bond donors (Lipinski definition) is 0. The number of carbonyl (C=O) groups is 1. The zero-order valence-electron chi connectivity index (χ0n) is 14.8. The van der Waals surface area contributed by atoms with Gasteiger partial charge in [-0.05, 0) is 55.4 Å². The van der Waals surface area contributed by atoms with Crippen molar-refractivity contribution in [2.45, 2.75) is 32.2 Å². The lowest BCUT2D eigenvalue weighted by Gasteiger charge is -2.20. The largest absolute Gasteiger partial charge is 0.341 e. The Balaban J connectivity index is 1.40. The molecule has 6 heteroatoms. The van der Waals surface area contributed by atoms with Gasteiger partial charge in [-0.3, -0.25) is 19.4 Å². The maximum atomic E-state index is 12.5. The molecule has 4 rings (SSSR count). The summed E-state index contributed by atoms with van der Waals surface area (Å²) in [5.41, 5.74) is 2.31. The Morgan fingerprint density at radius 3 is 3.00 bits per heavy atom. The molecule has 1 fully saturated rings. The molecule has 1 aliphatic rings. The highest BCUT2D eigenvalue weighted by Gasteiger charge is 2.21. The van der Waals surface area contributed by atoms with E-state index in [9.17, 15) is 4.79 Å². The van der Waals surface area contributed by atoms with Crippen LogP contribution in [0.25, 0.3) is 10.9 Å². The Labute approximate surface area is 152 Å². The Morgan fingerprint density at radius 1 is 1.15 bits per heavy atom. The molecular formula is C20H23N5O. The Hall–Kier alpha value is -2.76. The molecule has 0 unspecified atom stereocenters. The first-order chi connectivity index (χ1) is 12.8. The highest BCUT2D eigenvalue weighted by Crippen LogP contribution is 2.25. The van der Waals surface area contributed by atoms with Crippen LogP contribution in [0.2, 0.25) is 0 Å². The molecule has 0 saturated carbocycles. The molecule has 0 aliphatic carbocycles. The van der Waals surface area contributed by atoms with Crippen LogP contribution < -0.4 is 0 Å². The number of nitrogens with zero attached hydrogens (tertiary/aromatic N) is 5. The number of pyridine rings is 2. The van der Waals surface area contributed by atoms with Crippen molar-refractivity contribution >= 4 is 16.8 Å². The third kappa shape index (κ3) is 3.74. The molecule has 6 nitrogen and oxygen atoms in total. The van der Waals surface area contributed by atoms with Crippen LogP contribution in [0.5, 0.6) is 0 Å². The average Bonchev–Trinajstić information content (AvgIpc) is 3.06. The minimum absolute atomic E-state index is 0.160. The second-order valence-electron chi connectivity index (χ2n) is 6.95. The van der Waals surface area contributed by atoms with Crippen molar-refractivity contribution in [1.82, 2.24) is 24.6 Å². The third-order valence-corrected chi connectivity index (χ3v) is 5.20. The lowest BCUT2D eigenvalue weighted by Crippen LogP contribution is -2.34. The third-order valence-electron chi connectivity index (χ3n) is 5.20. The molecule has 0 bridgehead atoms. The fourth-order valence-corrected chi connectivity index (χ4v) is 3.78. The van der Waals surface area contributed by atoms with Crippen molar-refractivity contribution < 1.29 is 4.79 Å². The lowest BCUT2D eigenvalue weighted by molar-refractivity contribution is -0.132. The first-order valence-electron chi connectivity index (χ1n) is 9.22. The van der Waals surface area contributed by atoms with E-state index in [-0.39, 0.29) is 5.91 Å². The smallest absolute Gasteiger partial charge is 0.244 e. The summed E-state index contributed by atoms with van der Waals surface area (Å²) in [6, 6.07) is 5.91. The number of likely N-dealkylation sites (tertiary alicyclic amines) is 1. The summed E-state index contributed by atoms with van der Waals surface area (Å²) in [6.07, 6.45) is 13.4. The molecule has 0 aromatic carbocycles. The molecule has 1 aliphatic heterocycles. The molecule has 26 heavy (non-hydrogen) atoms. The molecule has 0 radical (unpaired) electrons. The number of aromatic nitrogens is 4. The van der Waals surface area contributed by atoms with E-state index in [1.54, 1.807) is 17.1 Å². The van der Waals surface area contributed by atoms with E-state index in [2.05, 4.69) is 21.1 Å². The molecule has 1 saturated heterocycles. The molecule has 134 valence electrons. The summed E-state index contributed by atoms with van der Waals surface area (Å²) >= 11 is 0. The lowest BCUT2D eigenvalue weighted by atomic mass is 9.92. The van der Waals surface area contributed by atoms with Gasteiger partial charge >= 0.3 is 0 Å². The van der Waals surface area contributed by atoms with E-state index in [0.29, 0.717) is 12.5 Å². The van der Waals surface area contributed by atoms with Gasteiger partial charge in [0.2, 0.25) is 5.91 Å². The summed E-state index contributed by atoms with van der Waals surface area (Å²) in [5.74, 6) is 0.747. The van der Waals surface area contributed by atoms with E-state index in [4.69, 9.17) is 0 Å². The van der Waals surface area contributed by atoms with Crippen molar-refractivity contribution in [2.24, 2.45) is 5.92 Å². The normalized spacial score (nSPS) is 18.0. The van der Waals surface area contributed by atoms with Crippen LogP contribution in [0.15, 0.2) is 49.2 Å². The van der Waals surface area contributed by atoms with Gasteiger partial charge in [0, 0.05) is 49.5 Å². The molecule has 4 heterocycles.